The van der Waals surface area contributed by atoms with Gasteiger partial charge in [-0.3, -0.25) is 0 Å². The van der Waals surface area contributed by atoms with E-state index in [2.05, 4.69) is 76.2 Å². The van der Waals surface area contributed by atoms with E-state index in [1.54, 1.807) is 0 Å². The van der Waals surface area contributed by atoms with Crippen molar-refractivity contribution in [2.24, 2.45) is 0 Å². The molecule has 0 aliphatic rings. The second kappa shape index (κ2) is 7.92. The normalized spacial score (nSPS) is 11.3. The molecule has 0 saturated carbocycles. The Morgan fingerprint density at radius 3 is 1.24 bits per heavy atom. The average molecular weight is 319 g/mol. The fraction of sp³-hybridized carbons (Fsp3) is 0.333. The Balaban J connectivity index is 1.83. The van der Waals surface area contributed by atoms with Gasteiger partial charge in [0.15, 0.2) is 0 Å². The molecule has 0 aromatic heterocycles. The van der Waals surface area contributed by atoms with Crippen molar-refractivity contribution in [3.8, 4) is 0 Å². The van der Waals surface area contributed by atoms with Gasteiger partial charge in [0, 0.05) is 33.9 Å². The zero-order valence-electron chi connectivity index (χ0n) is 13.0. The summed E-state index contributed by atoms with van der Waals surface area (Å²) in [7, 11) is 0. The largest absolute Gasteiger partial charge is 0.237 e. The van der Waals surface area contributed by atoms with E-state index in [1.807, 2.05) is 0 Å². The average Bonchev–Trinajstić information content (AvgIpc) is 2.48. The number of benzene rings is 2. The van der Waals surface area contributed by atoms with Crippen LogP contribution in [0.5, 0.6) is 0 Å². The lowest BCUT2D eigenvalue weighted by Crippen LogP contribution is -1.86. The van der Waals surface area contributed by atoms with Gasteiger partial charge < -0.3 is 0 Å². The fourth-order valence-corrected chi connectivity index (χ4v) is 3.17. The SMILES string of the molecule is CC(C)c1ccc(SOSc2ccc(C(C)C)cc2)cc1. The van der Waals surface area contributed by atoms with Gasteiger partial charge >= 0.3 is 0 Å². The molecule has 3 heteroatoms. The Morgan fingerprint density at radius 1 is 0.619 bits per heavy atom. The van der Waals surface area contributed by atoms with Crippen LogP contribution in [0.2, 0.25) is 0 Å². The van der Waals surface area contributed by atoms with Gasteiger partial charge in [0.2, 0.25) is 0 Å². The predicted octanol–water partition coefficient (Wildman–Crippen LogP) is 6.66. The Kier molecular flexibility index (Phi) is 6.22. The van der Waals surface area contributed by atoms with E-state index in [0.717, 1.165) is 9.79 Å². The van der Waals surface area contributed by atoms with Gasteiger partial charge in [0.05, 0.1) is 0 Å². The van der Waals surface area contributed by atoms with Gasteiger partial charge in [0.25, 0.3) is 0 Å². The van der Waals surface area contributed by atoms with Gasteiger partial charge in [-0.15, -0.1) is 0 Å². The molecule has 0 amide bonds. The summed E-state index contributed by atoms with van der Waals surface area (Å²) in [5, 5.41) is 0. The Bertz CT molecular complexity index is 493. The lowest BCUT2D eigenvalue weighted by molar-refractivity contribution is 0.756. The van der Waals surface area contributed by atoms with Crippen LogP contribution < -0.4 is 0 Å². The van der Waals surface area contributed by atoms with Gasteiger partial charge in [-0.1, -0.05) is 52.0 Å². The first-order valence-corrected chi connectivity index (χ1v) is 8.75. The summed E-state index contributed by atoms with van der Waals surface area (Å²) in [6.45, 7) is 8.81. The maximum Gasteiger partial charge on any atom is 0.0447 e. The van der Waals surface area contributed by atoms with Crippen molar-refractivity contribution >= 4 is 24.1 Å². The highest BCUT2D eigenvalue weighted by molar-refractivity contribution is 8.07. The van der Waals surface area contributed by atoms with Crippen LogP contribution in [-0.2, 0) is 3.63 Å². The highest BCUT2D eigenvalue weighted by Crippen LogP contribution is 2.31. The lowest BCUT2D eigenvalue weighted by Gasteiger charge is -2.07. The molecular formula is C18H22OS2. The van der Waals surface area contributed by atoms with Crippen molar-refractivity contribution in [2.45, 2.75) is 49.3 Å². The van der Waals surface area contributed by atoms with Gasteiger partial charge in [-0.2, -0.15) is 0 Å². The van der Waals surface area contributed by atoms with E-state index in [4.69, 9.17) is 3.63 Å². The third-order valence-electron chi connectivity index (χ3n) is 3.35. The molecule has 0 heterocycles. The van der Waals surface area contributed by atoms with Crippen LogP contribution in [0, 0.1) is 0 Å². The first kappa shape index (κ1) is 16.5. The van der Waals surface area contributed by atoms with Gasteiger partial charge in [-0.05, 0) is 47.2 Å². The molecule has 0 aliphatic carbocycles. The van der Waals surface area contributed by atoms with E-state index >= 15 is 0 Å². The minimum atomic E-state index is 0.568. The second-order valence-electron chi connectivity index (χ2n) is 5.68. The topological polar surface area (TPSA) is 9.23 Å². The molecule has 0 fully saturated rings. The third kappa shape index (κ3) is 5.10. The number of rotatable bonds is 6. The molecular weight excluding hydrogens is 296 g/mol. The second-order valence-corrected chi connectivity index (χ2v) is 7.50. The number of hydrogen-bond donors (Lipinski definition) is 0. The van der Waals surface area contributed by atoms with Crippen LogP contribution in [0.1, 0.15) is 50.7 Å². The molecule has 2 rings (SSSR count). The maximum absolute atomic E-state index is 5.64. The fourth-order valence-electron chi connectivity index (χ4n) is 1.91. The highest BCUT2D eigenvalue weighted by atomic mass is 32.2. The molecule has 0 aliphatic heterocycles. The van der Waals surface area contributed by atoms with Crippen molar-refractivity contribution in [1.29, 1.82) is 0 Å². The molecule has 2 aromatic rings. The molecule has 0 bridgehead atoms. The molecule has 2 aromatic carbocycles. The molecule has 0 saturated heterocycles. The minimum absolute atomic E-state index is 0.568. The summed E-state index contributed by atoms with van der Waals surface area (Å²) < 4.78 is 5.64. The van der Waals surface area contributed by atoms with Crippen molar-refractivity contribution in [3.63, 3.8) is 0 Å². The van der Waals surface area contributed by atoms with Crippen LogP contribution >= 0.6 is 24.1 Å². The predicted molar refractivity (Wildman–Crippen MR) is 93.9 cm³/mol. The molecule has 21 heavy (non-hydrogen) atoms. The summed E-state index contributed by atoms with van der Waals surface area (Å²) in [6, 6.07) is 17.1. The van der Waals surface area contributed by atoms with Crippen molar-refractivity contribution in [1.82, 2.24) is 0 Å². The maximum atomic E-state index is 5.64. The molecule has 0 unspecified atom stereocenters. The first-order chi connectivity index (χ1) is 10.1. The van der Waals surface area contributed by atoms with Gasteiger partial charge in [-0.25, -0.2) is 3.63 Å². The highest BCUT2D eigenvalue weighted by Gasteiger charge is 2.02. The molecule has 0 spiro atoms. The van der Waals surface area contributed by atoms with Crippen molar-refractivity contribution < 1.29 is 3.63 Å². The zero-order chi connectivity index (χ0) is 15.2. The summed E-state index contributed by atoms with van der Waals surface area (Å²) >= 11 is 2.82. The Hall–Kier alpha value is -0.900. The molecule has 1 nitrogen and oxygen atoms in total. The van der Waals surface area contributed by atoms with Crippen LogP contribution in [0.15, 0.2) is 58.3 Å². The quantitative estimate of drug-likeness (QED) is 0.551. The molecule has 0 N–H and O–H groups in total. The molecule has 0 radical (unpaired) electrons. The van der Waals surface area contributed by atoms with E-state index in [0.29, 0.717) is 11.8 Å². The van der Waals surface area contributed by atoms with Gasteiger partial charge in [0.1, 0.15) is 0 Å². The summed E-state index contributed by atoms with van der Waals surface area (Å²) in [6.07, 6.45) is 0. The van der Waals surface area contributed by atoms with Crippen LogP contribution in [0.3, 0.4) is 0 Å². The van der Waals surface area contributed by atoms with Crippen molar-refractivity contribution in [3.05, 3.63) is 59.7 Å². The monoisotopic (exact) mass is 318 g/mol. The van der Waals surface area contributed by atoms with Crippen molar-refractivity contribution in [2.75, 3.05) is 0 Å². The summed E-state index contributed by atoms with van der Waals surface area (Å²) in [5.74, 6) is 1.14. The Labute approximate surface area is 136 Å². The van der Waals surface area contributed by atoms with Crippen LogP contribution in [0.25, 0.3) is 0 Å². The molecule has 0 atom stereocenters. The van der Waals surface area contributed by atoms with E-state index in [9.17, 15) is 0 Å². The van der Waals surface area contributed by atoms with Crippen LogP contribution in [0.4, 0.5) is 0 Å². The first-order valence-electron chi connectivity index (χ1n) is 7.27. The smallest absolute Gasteiger partial charge is 0.0447 e. The van der Waals surface area contributed by atoms with E-state index in [-0.39, 0.29) is 0 Å². The third-order valence-corrected chi connectivity index (χ3v) is 4.83. The van der Waals surface area contributed by atoms with E-state index < -0.39 is 0 Å². The summed E-state index contributed by atoms with van der Waals surface area (Å²) in [5.41, 5.74) is 2.72. The minimum Gasteiger partial charge on any atom is -0.237 e. The lowest BCUT2D eigenvalue weighted by atomic mass is 10.0. The summed E-state index contributed by atoms with van der Waals surface area (Å²) in [4.78, 5) is 2.26. The zero-order valence-corrected chi connectivity index (χ0v) is 14.6. The van der Waals surface area contributed by atoms with E-state index in [1.165, 1.54) is 35.2 Å². The molecule has 112 valence electrons. The standard InChI is InChI=1S/C18H22OS2/c1-13(2)15-5-9-17(10-6-15)20-19-21-18-11-7-16(8-12-18)14(3)4/h5-14H,1-4H3. The Morgan fingerprint density at radius 2 is 0.952 bits per heavy atom. The van der Waals surface area contributed by atoms with Crippen LogP contribution in [-0.4, -0.2) is 0 Å². The number of hydrogen-bond acceptors (Lipinski definition) is 3.